The lowest BCUT2D eigenvalue weighted by Crippen LogP contribution is -2.50. The molecule has 1 N–H and O–H groups in total. The molecule has 0 aliphatic carbocycles. The molecule has 6 nitrogen and oxygen atoms in total. The van der Waals surface area contributed by atoms with Gasteiger partial charge in [0.2, 0.25) is 5.91 Å². The highest BCUT2D eigenvalue weighted by atomic mass is 32.1. The molecule has 3 fully saturated rings. The summed E-state index contributed by atoms with van der Waals surface area (Å²) in [6, 6.07) is 4.51. The smallest absolute Gasteiger partial charge is 0.263 e. The van der Waals surface area contributed by atoms with Gasteiger partial charge in [0.1, 0.15) is 0 Å². The predicted molar refractivity (Wildman–Crippen MR) is 114 cm³/mol. The van der Waals surface area contributed by atoms with Crippen molar-refractivity contribution in [1.29, 1.82) is 0 Å². The maximum Gasteiger partial charge on any atom is 0.263 e. The Bertz CT molecular complexity index is 700. The number of carbonyl (C=O) groups is 2. The number of rotatable bonds is 5. The van der Waals surface area contributed by atoms with E-state index in [0.717, 1.165) is 76.2 Å². The number of likely N-dealkylation sites (tertiary alicyclic amines) is 2. The van der Waals surface area contributed by atoms with Gasteiger partial charge in [-0.2, -0.15) is 0 Å². The molecule has 4 rings (SSSR count). The van der Waals surface area contributed by atoms with Crippen LogP contribution in [0.15, 0.2) is 12.1 Å². The Hall–Kier alpha value is -1.44. The minimum absolute atomic E-state index is 0.136. The van der Waals surface area contributed by atoms with Crippen LogP contribution >= 0.6 is 11.3 Å². The molecule has 4 heterocycles. The summed E-state index contributed by atoms with van der Waals surface area (Å²) < 4.78 is 5.59. The number of thiophene rings is 1. The zero-order valence-electron chi connectivity index (χ0n) is 17.4. The van der Waals surface area contributed by atoms with Gasteiger partial charge in [0.25, 0.3) is 5.91 Å². The van der Waals surface area contributed by atoms with Gasteiger partial charge in [0.15, 0.2) is 0 Å². The highest BCUT2D eigenvalue weighted by Gasteiger charge is 2.32. The molecule has 0 radical (unpaired) electrons. The van der Waals surface area contributed by atoms with Crippen molar-refractivity contribution in [2.75, 3.05) is 39.3 Å². The van der Waals surface area contributed by atoms with Gasteiger partial charge in [0, 0.05) is 43.1 Å². The van der Waals surface area contributed by atoms with Crippen LogP contribution in [-0.2, 0) is 9.53 Å². The molecule has 0 spiro atoms. The second-order valence-corrected chi connectivity index (χ2v) is 9.91. The zero-order valence-corrected chi connectivity index (χ0v) is 18.2. The summed E-state index contributed by atoms with van der Waals surface area (Å²) in [6.07, 6.45) is 6.32. The molecular formula is C22H33N3O3S. The molecule has 1 aromatic heterocycles. The van der Waals surface area contributed by atoms with Crippen LogP contribution in [0, 0.1) is 12.8 Å². The Balaban J connectivity index is 1.18. The summed E-state index contributed by atoms with van der Waals surface area (Å²) in [5, 5.41) is 3.10. The van der Waals surface area contributed by atoms with Crippen LogP contribution in [0.3, 0.4) is 0 Å². The number of nitrogens with zero attached hydrogens (tertiary/aromatic N) is 2. The van der Waals surface area contributed by atoms with E-state index in [0.29, 0.717) is 12.6 Å². The van der Waals surface area contributed by atoms with Crippen molar-refractivity contribution in [3.8, 4) is 0 Å². The highest BCUT2D eigenvalue weighted by molar-refractivity contribution is 7.13. The van der Waals surface area contributed by atoms with Crippen LogP contribution in [0.4, 0.5) is 0 Å². The summed E-state index contributed by atoms with van der Waals surface area (Å²) in [4.78, 5) is 31.7. The first-order chi connectivity index (χ1) is 14.1. The van der Waals surface area contributed by atoms with E-state index in [1.165, 1.54) is 4.88 Å². The normalized spacial score (nSPS) is 24.7. The van der Waals surface area contributed by atoms with E-state index in [9.17, 15) is 9.59 Å². The van der Waals surface area contributed by atoms with E-state index >= 15 is 0 Å². The van der Waals surface area contributed by atoms with Gasteiger partial charge in [-0.1, -0.05) is 0 Å². The molecule has 1 unspecified atom stereocenters. The van der Waals surface area contributed by atoms with Gasteiger partial charge >= 0.3 is 0 Å². The maximum atomic E-state index is 12.6. The Kier molecular flexibility index (Phi) is 6.88. The predicted octanol–water partition coefficient (Wildman–Crippen LogP) is 2.67. The van der Waals surface area contributed by atoms with Crippen molar-refractivity contribution in [3.05, 3.63) is 21.9 Å². The van der Waals surface area contributed by atoms with Crippen LogP contribution in [0.1, 0.15) is 53.1 Å². The number of ether oxygens (including phenoxy) is 1. The van der Waals surface area contributed by atoms with Crippen molar-refractivity contribution >= 4 is 23.2 Å². The number of aryl methyl sites for hydroxylation is 1. The van der Waals surface area contributed by atoms with E-state index in [1.807, 2.05) is 24.0 Å². The molecule has 7 heteroatoms. The molecule has 0 bridgehead atoms. The lowest BCUT2D eigenvalue weighted by molar-refractivity contribution is -0.127. The lowest BCUT2D eigenvalue weighted by atomic mass is 9.92. The Morgan fingerprint density at radius 2 is 1.86 bits per heavy atom. The van der Waals surface area contributed by atoms with Crippen molar-refractivity contribution in [2.45, 2.75) is 57.6 Å². The van der Waals surface area contributed by atoms with Crippen molar-refractivity contribution < 1.29 is 14.3 Å². The SMILES string of the molecule is Cc1ccc(C(=O)N2CCC(N3CCC(C(=O)NCC4CCCO4)CC3)CC2)s1. The molecule has 0 saturated carbocycles. The third-order valence-electron chi connectivity index (χ3n) is 6.65. The van der Waals surface area contributed by atoms with Gasteiger partial charge in [0.05, 0.1) is 11.0 Å². The molecule has 0 aromatic carbocycles. The second kappa shape index (κ2) is 9.58. The van der Waals surface area contributed by atoms with Crippen LogP contribution in [0.5, 0.6) is 0 Å². The first kappa shape index (κ1) is 20.8. The molecule has 160 valence electrons. The molecule has 3 aliphatic heterocycles. The number of hydrogen-bond acceptors (Lipinski definition) is 5. The average Bonchev–Trinajstić information content (AvgIpc) is 3.43. The Labute approximate surface area is 177 Å². The molecule has 2 amide bonds. The van der Waals surface area contributed by atoms with Gasteiger partial charge in [-0.25, -0.2) is 0 Å². The van der Waals surface area contributed by atoms with E-state index in [-0.39, 0.29) is 23.8 Å². The minimum atomic E-state index is 0.136. The highest BCUT2D eigenvalue weighted by Crippen LogP contribution is 2.26. The van der Waals surface area contributed by atoms with Gasteiger partial charge in [-0.3, -0.25) is 9.59 Å². The summed E-state index contributed by atoms with van der Waals surface area (Å²) in [7, 11) is 0. The average molecular weight is 420 g/mol. The zero-order chi connectivity index (χ0) is 20.2. The quantitative estimate of drug-likeness (QED) is 0.797. The molecule has 1 atom stereocenters. The molecular weight excluding hydrogens is 386 g/mol. The Morgan fingerprint density at radius 1 is 1.10 bits per heavy atom. The third kappa shape index (κ3) is 5.19. The van der Waals surface area contributed by atoms with Crippen LogP contribution in [0.2, 0.25) is 0 Å². The largest absolute Gasteiger partial charge is 0.376 e. The molecule has 3 saturated heterocycles. The summed E-state index contributed by atoms with van der Waals surface area (Å²) in [5.41, 5.74) is 0. The summed E-state index contributed by atoms with van der Waals surface area (Å²) >= 11 is 1.59. The first-order valence-corrected chi connectivity index (χ1v) is 11.9. The van der Waals surface area contributed by atoms with Gasteiger partial charge < -0.3 is 19.9 Å². The van der Waals surface area contributed by atoms with Gasteiger partial charge in [-0.15, -0.1) is 11.3 Å². The molecule has 29 heavy (non-hydrogen) atoms. The van der Waals surface area contributed by atoms with E-state index in [1.54, 1.807) is 11.3 Å². The summed E-state index contributed by atoms with van der Waals surface area (Å²) in [6.45, 7) is 7.18. The Morgan fingerprint density at radius 3 is 2.48 bits per heavy atom. The maximum absolute atomic E-state index is 12.6. The van der Waals surface area contributed by atoms with Crippen molar-refractivity contribution in [3.63, 3.8) is 0 Å². The number of amides is 2. The fraction of sp³-hybridized carbons (Fsp3) is 0.727. The summed E-state index contributed by atoms with van der Waals surface area (Å²) in [5.74, 6) is 0.520. The van der Waals surface area contributed by atoms with Crippen molar-refractivity contribution in [2.24, 2.45) is 5.92 Å². The van der Waals surface area contributed by atoms with Gasteiger partial charge in [-0.05, 0) is 70.7 Å². The van der Waals surface area contributed by atoms with E-state index < -0.39 is 0 Å². The number of nitrogens with one attached hydrogen (secondary N) is 1. The fourth-order valence-corrected chi connectivity index (χ4v) is 5.67. The lowest BCUT2D eigenvalue weighted by Gasteiger charge is -2.41. The minimum Gasteiger partial charge on any atom is -0.376 e. The number of hydrogen-bond donors (Lipinski definition) is 1. The van der Waals surface area contributed by atoms with Crippen LogP contribution < -0.4 is 5.32 Å². The second-order valence-electron chi connectivity index (χ2n) is 8.62. The monoisotopic (exact) mass is 419 g/mol. The first-order valence-electron chi connectivity index (χ1n) is 11.1. The molecule has 1 aromatic rings. The topological polar surface area (TPSA) is 61.9 Å². The van der Waals surface area contributed by atoms with E-state index in [4.69, 9.17) is 4.74 Å². The number of piperidine rings is 2. The van der Waals surface area contributed by atoms with E-state index in [2.05, 4.69) is 10.2 Å². The standard InChI is InChI=1S/C22H33N3O3S/c1-16-4-5-20(29-16)22(27)25-12-8-18(9-13-25)24-10-6-17(7-11-24)21(26)23-15-19-3-2-14-28-19/h4-5,17-19H,2-3,6-15H2,1H3,(H,23,26). The number of carbonyl (C=O) groups excluding carboxylic acids is 2. The fourth-order valence-electron chi connectivity index (χ4n) is 4.83. The van der Waals surface area contributed by atoms with Crippen molar-refractivity contribution in [1.82, 2.24) is 15.1 Å². The molecule has 3 aliphatic rings. The third-order valence-corrected chi connectivity index (χ3v) is 7.64. The van der Waals surface area contributed by atoms with Crippen LogP contribution in [0.25, 0.3) is 0 Å². The van der Waals surface area contributed by atoms with Crippen LogP contribution in [-0.4, -0.2) is 73.1 Å².